The van der Waals surface area contributed by atoms with Crippen molar-refractivity contribution in [1.82, 2.24) is 0 Å². The Labute approximate surface area is 79.4 Å². The summed E-state index contributed by atoms with van der Waals surface area (Å²) in [6, 6.07) is 0.227. The van der Waals surface area contributed by atoms with E-state index in [-0.39, 0.29) is 11.9 Å². The molecule has 0 aromatic rings. The molecule has 0 bridgehead atoms. The summed E-state index contributed by atoms with van der Waals surface area (Å²) in [5.74, 6) is 0.517. The second-order valence-electron chi connectivity index (χ2n) is 3.63. The summed E-state index contributed by atoms with van der Waals surface area (Å²) in [7, 11) is 0. The maximum atomic E-state index is 11.9. The average Bonchev–Trinajstić information content (AvgIpc) is 2.10. The average molecular weight is 189 g/mol. The van der Waals surface area contributed by atoms with Crippen LogP contribution in [-0.2, 0) is 0 Å². The fourth-order valence-corrected chi connectivity index (χ4v) is 0.954. The third-order valence-electron chi connectivity index (χ3n) is 1.86. The quantitative estimate of drug-likeness (QED) is 0.485. The van der Waals surface area contributed by atoms with Crippen molar-refractivity contribution in [2.75, 3.05) is 13.2 Å². The molecule has 4 heteroatoms. The van der Waals surface area contributed by atoms with Gasteiger partial charge in [0.15, 0.2) is 0 Å². The summed E-state index contributed by atoms with van der Waals surface area (Å²) in [5.41, 5.74) is 10.8. The van der Waals surface area contributed by atoms with E-state index in [1.165, 1.54) is 0 Å². The Morgan fingerprint density at radius 3 is 2.46 bits per heavy atom. The van der Waals surface area contributed by atoms with Gasteiger partial charge in [-0.15, -0.1) is 0 Å². The molecule has 0 saturated carbocycles. The first-order valence-corrected chi connectivity index (χ1v) is 4.66. The number of alkyl halides is 1. The number of halogens is 1. The van der Waals surface area contributed by atoms with Crippen LogP contribution in [0.1, 0.15) is 26.7 Å². The molecule has 2 unspecified atom stereocenters. The first-order chi connectivity index (χ1) is 6.06. The summed E-state index contributed by atoms with van der Waals surface area (Å²) in [5, 5.41) is 0. The summed E-state index contributed by atoms with van der Waals surface area (Å²) >= 11 is 0. The second kappa shape index (κ2) is 6.83. The monoisotopic (exact) mass is 189 g/mol. The zero-order chi connectivity index (χ0) is 10.3. The normalized spacial score (nSPS) is 17.1. The van der Waals surface area contributed by atoms with Crippen LogP contribution in [0.3, 0.4) is 0 Å². The lowest BCUT2D eigenvalue weighted by Crippen LogP contribution is -2.18. The fourth-order valence-electron chi connectivity index (χ4n) is 0.954. The fraction of sp³-hybridized carbons (Fsp3) is 0.889. The highest BCUT2D eigenvalue weighted by molar-refractivity contribution is 5.81. The molecule has 0 fully saturated rings. The van der Waals surface area contributed by atoms with Gasteiger partial charge in [-0.2, -0.15) is 0 Å². The highest BCUT2D eigenvalue weighted by atomic mass is 19.1. The predicted octanol–water partition coefficient (Wildman–Crippen LogP) is 1.08. The highest BCUT2D eigenvalue weighted by Gasteiger charge is 2.03. The summed E-state index contributed by atoms with van der Waals surface area (Å²) in [4.78, 5) is 3.90. The first kappa shape index (κ1) is 12.4. The molecule has 0 aliphatic heterocycles. The first-order valence-electron chi connectivity index (χ1n) is 4.66. The van der Waals surface area contributed by atoms with Gasteiger partial charge in [-0.05, 0) is 25.7 Å². The Morgan fingerprint density at radius 1 is 1.38 bits per heavy atom. The molecule has 0 saturated heterocycles. The maximum absolute atomic E-state index is 11.9. The van der Waals surface area contributed by atoms with Crippen molar-refractivity contribution < 1.29 is 4.39 Å². The number of nitrogens with zero attached hydrogens (tertiary/aromatic N) is 1. The number of rotatable bonds is 6. The number of aliphatic imine (C=N–C) groups is 1. The van der Waals surface area contributed by atoms with Gasteiger partial charge in [0.1, 0.15) is 12.5 Å². The molecular weight excluding hydrogens is 169 g/mol. The molecule has 0 aromatic carbocycles. The van der Waals surface area contributed by atoms with E-state index < -0.39 is 6.67 Å². The lowest BCUT2D eigenvalue weighted by molar-refractivity contribution is 0.487. The van der Waals surface area contributed by atoms with Gasteiger partial charge in [-0.3, -0.25) is 4.99 Å². The van der Waals surface area contributed by atoms with Gasteiger partial charge in [0.2, 0.25) is 0 Å². The van der Waals surface area contributed by atoms with Crippen LogP contribution in [0.15, 0.2) is 4.99 Å². The Balaban J connectivity index is 3.56. The Bertz CT molecular complexity index is 157. The van der Waals surface area contributed by atoms with Gasteiger partial charge < -0.3 is 11.5 Å². The van der Waals surface area contributed by atoms with Crippen molar-refractivity contribution in [3.8, 4) is 0 Å². The molecule has 4 N–H and O–H groups in total. The van der Waals surface area contributed by atoms with Gasteiger partial charge >= 0.3 is 0 Å². The molecule has 13 heavy (non-hydrogen) atoms. The number of hydrogen-bond acceptors (Lipinski definition) is 2. The molecule has 0 radical (unpaired) electrons. The lowest BCUT2D eigenvalue weighted by Gasteiger charge is -2.10. The van der Waals surface area contributed by atoms with Crippen molar-refractivity contribution in [2.24, 2.45) is 22.4 Å². The minimum atomic E-state index is -0.653. The van der Waals surface area contributed by atoms with Crippen LogP contribution >= 0.6 is 0 Å². The summed E-state index contributed by atoms with van der Waals surface area (Å²) < 4.78 is 11.9. The van der Waals surface area contributed by atoms with Crippen molar-refractivity contribution in [1.29, 1.82) is 0 Å². The van der Waals surface area contributed by atoms with Gasteiger partial charge in [0, 0.05) is 12.6 Å². The largest absolute Gasteiger partial charge is 0.385 e. The van der Waals surface area contributed by atoms with Crippen LogP contribution in [0.25, 0.3) is 0 Å². The lowest BCUT2D eigenvalue weighted by atomic mass is 10.0. The molecule has 0 heterocycles. The molecule has 0 aliphatic carbocycles. The second-order valence-corrected chi connectivity index (χ2v) is 3.63. The van der Waals surface area contributed by atoms with E-state index >= 15 is 0 Å². The third-order valence-corrected chi connectivity index (χ3v) is 1.86. The van der Waals surface area contributed by atoms with Crippen LogP contribution in [-0.4, -0.2) is 25.1 Å². The van der Waals surface area contributed by atoms with E-state index in [1.807, 2.05) is 6.92 Å². The van der Waals surface area contributed by atoms with Gasteiger partial charge in [0.25, 0.3) is 0 Å². The van der Waals surface area contributed by atoms with E-state index in [1.54, 1.807) is 0 Å². The minimum Gasteiger partial charge on any atom is -0.385 e. The third kappa shape index (κ3) is 7.71. The topological polar surface area (TPSA) is 64.4 Å². The van der Waals surface area contributed by atoms with Crippen molar-refractivity contribution in [3.05, 3.63) is 0 Å². The highest BCUT2D eigenvalue weighted by Crippen LogP contribution is 2.07. The van der Waals surface area contributed by atoms with Crippen LogP contribution in [0.4, 0.5) is 4.39 Å². The Hall–Kier alpha value is -0.640. The molecule has 0 amide bonds. The van der Waals surface area contributed by atoms with Gasteiger partial charge in [-0.25, -0.2) is 4.39 Å². The van der Waals surface area contributed by atoms with Crippen LogP contribution < -0.4 is 11.5 Å². The van der Waals surface area contributed by atoms with E-state index in [9.17, 15) is 4.39 Å². The number of nitrogens with two attached hydrogens (primary N) is 2. The number of amidine groups is 1. The zero-order valence-corrected chi connectivity index (χ0v) is 8.46. The molecule has 2 atom stereocenters. The van der Waals surface area contributed by atoms with Gasteiger partial charge in [0.05, 0.1) is 0 Å². The van der Waals surface area contributed by atoms with Crippen molar-refractivity contribution in [2.45, 2.75) is 32.7 Å². The van der Waals surface area contributed by atoms with Crippen molar-refractivity contribution >= 4 is 5.84 Å². The Kier molecular flexibility index (Phi) is 6.49. The molecular formula is C9H20FN3. The maximum Gasteiger partial charge on any atom is 0.146 e. The predicted molar refractivity (Wildman–Crippen MR) is 54.5 cm³/mol. The Morgan fingerprint density at radius 2 is 2.00 bits per heavy atom. The van der Waals surface area contributed by atoms with Crippen LogP contribution in [0.2, 0.25) is 0 Å². The van der Waals surface area contributed by atoms with Crippen molar-refractivity contribution in [3.63, 3.8) is 0 Å². The molecule has 0 aromatic heterocycles. The summed E-state index contributed by atoms with van der Waals surface area (Å²) in [6.07, 6.45) is 1.99. The molecule has 0 spiro atoms. The molecule has 0 rings (SSSR count). The molecule has 78 valence electrons. The SMILES string of the molecule is CC(N)CCC(C)CN=C(N)CF. The van der Waals surface area contributed by atoms with E-state index in [0.29, 0.717) is 12.5 Å². The standard InChI is InChI=1S/C9H20FN3/c1-7(3-4-8(2)11)6-13-9(12)5-10/h7-8H,3-6,11H2,1-2H3,(H2,12,13). The molecule has 3 nitrogen and oxygen atoms in total. The molecule has 0 aliphatic rings. The minimum absolute atomic E-state index is 0.0904. The van der Waals surface area contributed by atoms with E-state index in [0.717, 1.165) is 12.8 Å². The zero-order valence-electron chi connectivity index (χ0n) is 8.46. The smallest absolute Gasteiger partial charge is 0.146 e. The van der Waals surface area contributed by atoms with Gasteiger partial charge in [-0.1, -0.05) is 6.92 Å². The van der Waals surface area contributed by atoms with Crippen LogP contribution in [0.5, 0.6) is 0 Å². The summed E-state index contributed by atoms with van der Waals surface area (Å²) in [6.45, 7) is 3.99. The number of hydrogen-bond donors (Lipinski definition) is 2. The van der Waals surface area contributed by atoms with Crippen LogP contribution in [0, 0.1) is 5.92 Å². The van der Waals surface area contributed by atoms with E-state index in [4.69, 9.17) is 11.5 Å². The van der Waals surface area contributed by atoms with E-state index in [2.05, 4.69) is 11.9 Å².